The average molecular weight is 313 g/mol. The van der Waals surface area contributed by atoms with Crippen molar-refractivity contribution in [3.05, 3.63) is 0 Å². The van der Waals surface area contributed by atoms with E-state index in [2.05, 4.69) is 0 Å². The molecule has 0 saturated carbocycles. The van der Waals surface area contributed by atoms with Crippen LogP contribution in [0.25, 0.3) is 0 Å². The van der Waals surface area contributed by atoms with E-state index in [4.69, 9.17) is 20.7 Å². The Bertz CT molecular complexity index is 358. The number of carbonyl (C=O) groups excluding carboxylic acids is 2. The van der Waals surface area contributed by atoms with Gasteiger partial charge in [-0.05, 0) is 52.8 Å². The van der Waals surface area contributed by atoms with Gasteiger partial charge in [0.25, 0.3) is 0 Å². The minimum Gasteiger partial charge on any atom is -0.456 e. The van der Waals surface area contributed by atoms with E-state index >= 15 is 0 Å². The number of hydrogen-bond donors (Lipinski definition) is 0. The molecule has 0 atom stereocenters. The van der Waals surface area contributed by atoms with E-state index in [9.17, 15) is 14.2 Å². The molecule has 19 heavy (non-hydrogen) atoms. The molecule has 112 valence electrons. The summed E-state index contributed by atoms with van der Waals surface area (Å²) in [4.78, 5) is 23.0. The molecule has 0 radical (unpaired) electrons. The van der Waals surface area contributed by atoms with E-state index in [0.29, 0.717) is 0 Å². The number of hydrogen-bond acceptors (Lipinski definition) is 5. The van der Waals surface area contributed by atoms with Crippen molar-refractivity contribution in [3.63, 3.8) is 0 Å². The van der Waals surface area contributed by atoms with E-state index in [1.54, 1.807) is 41.5 Å². The second-order valence-electron chi connectivity index (χ2n) is 6.41. The predicted octanol–water partition coefficient (Wildman–Crippen LogP) is 3.60. The summed E-state index contributed by atoms with van der Waals surface area (Å²) in [7, 11) is 0. The van der Waals surface area contributed by atoms with Crippen molar-refractivity contribution >= 4 is 29.7 Å². The van der Waals surface area contributed by atoms with Gasteiger partial charge in [0.05, 0.1) is 10.8 Å². The number of esters is 2. The molecule has 0 aromatic rings. The molecule has 0 N–H and O–H groups in total. The molecule has 0 saturated heterocycles. The fourth-order valence-corrected chi connectivity index (χ4v) is 1.77. The molecular weight excluding hydrogens is 291 g/mol. The SMILES string of the molecule is CC(C)(C)C(=O)OCP(=O)(Cl)COC(=O)C(C)(C)C. The lowest BCUT2D eigenvalue weighted by Crippen LogP contribution is -2.25. The zero-order valence-electron chi connectivity index (χ0n) is 12.3. The minimum absolute atomic E-state index is 0.442. The van der Waals surface area contributed by atoms with Gasteiger partial charge in [-0.3, -0.25) is 14.2 Å². The topological polar surface area (TPSA) is 69.7 Å². The second-order valence-corrected chi connectivity index (χ2v) is 10.4. The quantitative estimate of drug-likeness (QED) is 0.586. The van der Waals surface area contributed by atoms with Gasteiger partial charge >= 0.3 is 11.9 Å². The van der Waals surface area contributed by atoms with Crippen LogP contribution in [-0.2, 0) is 23.6 Å². The maximum Gasteiger partial charge on any atom is 0.311 e. The third kappa shape index (κ3) is 7.58. The first-order valence-corrected chi connectivity index (χ1v) is 8.86. The van der Waals surface area contributed by atoms with Crippen LogP contribution in [0, 0.1) is 10.8 Å². The number of ether oxygens (including phenoxy) is 2. The van der Waals surface area contributed by atoms with Crippen molar-refractivity contribution in [2.75, 3.05) is 12.7 Å². The second kappa shape index (κ2) is 6.27. The molecule has 0 bridgehead atoms. The normalized spacial score (nSPS) is 13.0. The van der Waals surface area contributed by atoms with Gasteiger partial charge in [0.2, 0.25) is 6.49 Å². The fraction of sp³-hybridized carbons (Fsp3) is 0.833. The smallest absolute Gasteiger partial charge is 0.311 e. The molecule has 7 heteroatoms. The molecule has 0 heterocycles. The van der Waals surface area contributed by atoms with E-state index in [1.807, 2.05) is 0 Å². The van der Waals surface area contributed by atoms with Crippen molar-refractivity contribution in [2.24, 2.45) is 10.8 Å². The molecule has 0 unspecified atom stereocenters. The molecule has 0 aromatic heterocycles. The lowest BCUT2D eigenvalue weighted by Gasteiger charge is -2.20. The molecule has 5 nitrogen and oxygen atoms in total. The molecule has 0 aliphatic carbocycles. The van der Waals surface area contributed by atoms with E-state index < -0.39 is 42.0 Å². The summed E-state index contributed by atoms with van der Waals surface area (Å²) in [5.41, 5.74) is -1.39. The van der Waals surface area contributed by atoms with Crippen LogP contribution < -0.4 is 0 Å². The van der Waals surface area contributed by atoms with Crippen LogP contribution >= 0.6 is 17.7 Å². The van der Waals surface area contributed by atoms with Crippen molar-refractivity contribution < 1.29 is 23.6 Å². The summed E-state index contributed by atoms with van der Waals surface area (Å²) in [5.74, 6) is -1.01. The molecule has 0 spiro atoms. The van der Waals surface area contributed by atoms with Gasteiger partial charge in [0, 0.05) is 0 Å². The lowest BCUT2D eigenvalue weighted by atomic mass is 9.98. The standard InChI is InChI=1S/C12H22ClO5P/c1-11(2,3)9(14)17-7-19(13,16)8-18-10(15)12(4,5)6/h7-8H2,1-6H3. The van der Waals surface area contributed by atoms with Crippen molar-refractivity contribution in [1.29, 1.82) is 0 Å². The molecule has 0 aliphatic rings. The van der Waals surface area contributed by atoms with Crippen LogP contribution in [0.4, 0.5) is 0 Å². The van der Waals surface area contributed by atoms with E-state index in [0.717, 1.165) is 0 Å². The highest BCUT2D eigenvalue weighted by Gasteiger charge is 2.30. The Morgan fingerprint density at radius 1 is 0.895 bits per heavy atom. The number of carbonyl (C=O) groups is 2. The highest BCUT2D eigenvalue weighted by molar-refractivity contribution is 7.88. The Morgan fingerprint density at radius 2 is 1.16 bits per heavy atom. The maximum absolute atomic E-state index is 11.9. The maximum atomic E-state index is 11.9. The number of rotatable bonds is 4. The minimum atomic E-state index is -3.35. The zero-order valence-corrected chi connectivity index (χ0v) is 13.9. The van der Waals surface area contributed by atoms with Gasteiger partial charge in [-0.15, -0.1) is 0 Å². The predicted molar refractivity (Wildman–Crippen MR) is 74.3 cm³/mol. The lowest BCUT2D eigenvalue weighted by molar-refractivity contribution is -0.151. The first-order valence-electron chi connectivity index (χ1n) is 5.88. The third-order valence-corrected chi connectivity index (χ3v) is 3.62. The van der Waals surface area contributed by atoms with Crippen LogP contribution in [0.1, 0.15) is 41.5 Å². The Hall–Kier alpha value is -0.540. The summed E-state index contributed by atoms with van der Waals surface area (Å²) in [6.07, 6.45) is -0.885. The summed E-state index contributed by atoms with van der Waals surface area (Å²) in [6.45, 7) is 6.70. The Morgan fingerprint density at radius 3 is 1.37 bits per heavy atom. The monoisotopic (exact) mass is 312 g/mol. The summed E-state index contributed by atoms with van der Waals surface area (Å²) in [6, 6.07) is 0. The molecule has 0 amide bonds. The molecule has 0 aromatic carbocycles. The van der Waals surface area contributed by atoms with Crippen LogP contribution in [0.3, 0.4) is 0 Å². The van der Waals surface area contributed by atoms with Gasteiger partial charge in [-0.2, -0.15) is 0 Å². The van der Waals surface area contributed by atoms with Gasteiger partial charge < -0.3 is 9.47 Å². The molecular formula is C12H22ClO5P. The van der Waals surface area contributed by atoms with Gasteiger partial charge in [-0.25, -0.2) is 0 Å². The average Bonchev–Trinajstić information content (AvgIpc) is 2.20. The third-order valence-electron chi connectivity index (χ3n) is 2.00. The van der Waals surface area contributed by atoms with E-state index in [-0.39, 0.29) is 0 Å². The first-order chi connectivity index (χ1) is 8.26. The van der Waals surface area contributed by atoms with Crippen LogP contribution in [0.15, 0.2) is 0 Å². The van der Waals surface area contributed by atoms with Gasteiger partial charge in [-0.1, -0.05) is 0 Å². The van der Waals surface area contributed by atoms with E-state index in [1.165, 1.54) is 0 Å². The highest BCUT2D eigenvalue weighted by atomic mass is 35.7. The van der Waals surface area contributed by atoms with Crippen molar-refractivity contribution in [1.82, 2.24) is 0 Å². The summed E-state index contributed by atoms with van der Waals surface area (Å²) >= 11 is 5.73. The largest absolute Gasteiger partial charge is 0.456 e. The summed E-state index contributed by atoms with van der Waals surface area (Å²) < 4.78 is 21.6. The zero-order chi connectivity index (χ0) is 15.5. The van der Waals surface area contributed by atoms with Crippen molar-refractivity contribution in [2.45, 2.75) is 41.5 Å². The summed E-state index contributed by atoms with van der Waals surface area (Å²) in [5, 5.41) is 0. The number of halogens is 1. The van der Waals surface area contributed by atoms with Gasteiger partial charge in [0.1, 0.15) is 0 Å². The Balaban J connectivity index is 4.32. The molecule has 0 aliphatic heterocycles. The molecule has 0 rings (SSSR count). The molecule has 0 fully saturated rings. The Kier molecular flexibility index (Phi) is 6.10. The van der Waals surface area contributed by atoms with Crippen LogP contribution in [0.5, 0.6) is 0 Å². The fourth-order valence-electron chi connectivity index (χ4n) is 0.780. The van der Waals surface area contributed by atoms with Gasteiger partial charge in [0.15, 0.2) is 12.7 Å². The van der Waals surface area contributed by atoms with Crippen molar-refractivity contribution in [3.8, 4) is 0 Å². The highest BCUT2D eigenvalue weighted by Crippen LogP contribution is 2.51. The van der Waals surface area contributed by atoms with Crippen LogP contribution in [0.2, 0.25) is 0 Å². The van der Waals surface area contributed by atoms with Crippen LogP contribution in [-0.4, -0.2) is 24.6 Å². The first kappa shape index (κ1) is 18.5. The Labute approximate surface area is 119 Å².